The summed E-state index contributed by atoms with van der Waals surface area (Å²) in [4.78, 5) is 12.0. The van der Waals surface area contributed by atoms with Gasteiger partial charge in [-0.25, -0.2) is 0 Å². The first-order chi connectivity index (χ1) is 10.9. The number of carbonyl (C=O) groups excluding carboxylic acids is 1. The molecule has 0 radical (unpaired) electrons. The van der Waals surface area contributed by atoms with E-state index in [1.54, 1.807) is 6.20 Å². The fourth-order valence-electron chi connectivity index (χ4n) is 2.31. The minimum atomic E-state index is -0.465. The highest BCUT2D eigenvalue weighted by Crippen LogP contribution is 2.13. The Morgan fingerprint density at radius 1 is 1.33 bits per heavy atom. The van der Waals surface area contributed by atoms with Crippen molar-refractivity contribution in [1.29, 1.82) is 0 Å². The quantitative estimate of drug-likeness (QED) is 0.725. The van der Waals surface area contributed by atoms with Crippen LogP contribution in [0.2, 0.25) is 0 Å². The molecule has 5 nitrogen and oxygen atoms in total. The van der Waals surface area contributed by atoms with Crippen LogP contribution in [0, 0.1) is 5.92 Å². The Hall–Kier alpha value is -1.37. The van der Waals surface area contributed by atoms with Gasteiger partial charge in [-0.1, -0.05) is 26.0 Å². The summed E-state index contributed by atoms with van der Waals surface area (Å²) in [6, 6.07) is 7.39. The molecule has 3 N–H and O–H groups in total. The molecule has 0 spiro atoms. The summed E-state index contributed by atoms with van der Waals surface area (Å²) >= 11 is 3.38. The van der Waals surface area contributed by atoms with E-state index in [-0.39, 0.29) is 18.3 Å². The van der Waals surface area contributed by atoms with Gasteiger partial charge in [0.25, 0.3) is 0 Å². The molecule has 2 rings (SSSR count). The summed E-state index contributed by atoms with van der Waals surface area (Å²) in [7, 11) is 0. The predicted octanol–water partition coefficient (Wildman–Crippen LogP) is 3.62. The van der Waals surface area contributed by atoms with Crippen LogP contribution < -0.4 is 11.1 Å². The Bertz CT molecular complexity index is 642. The number of nitrogens with one attached hydrogen (secondary N) is 1. The number of anilines is 1. The molecule has 1 atom stereocenters. The molecule has 1 aromatic heterocycles. The third-order valence-corrected chi connectivity index (χ3v) is 3.92. The van der Waals surface area contributed by atoms with Crippen molar-refractivity contribution in [2.24, 2.45) is 11.7 Å². The van der Waals surface area contributed by atoms with Gasteiger partial charge in [0.15, 0.2) is 0 Å². The highest BCUT2D eigenvalue weighted by molar-refractivity contribution is 9.10. The first kappa shape index (κ1) is 20.7. The van der Waals surface area contributed by atoms with Gasteiger partial charge < -0.3 is 11.1 Å². The molecule has 1 unspecified atom stereocenters. The number of rotatable bonds is 7. The number of halogens is 2. The minimum Gasteiger partial charge on any atom is -0.325 e. The summed E-state index contributed by atoms with van der Waals surface area (Å²) in [5, 5.41) is 7.09. The van der Waals surface area contributed by atoms with Gasteiger partial charge in [-0.15, -0.1) is 12.4 Å². The van der Waals surface area contributed by atoms with Crippen LogP contribution in [-0.2, 0) is 17.8 Å². The van der Waals surface area contributed by atoms with E-state index in [1.165, 1.54) is 5.56 Å². The van der Waals surface area contributed by atoms with Gasteiger partial charge in [0.1, 0.15) is 0 Å². The van der Waals surface area contributed by atoms with Crippen molar-refractivity contribution in [1.82, 2.24) is 9.78 Å². The number of nitrogens with two attached hydrogens (primary N) is 1. The minimum absolute atomic E-state index is 0. The number of aryl methyl sites for hydroxylation is 2. The Labute approximate surface area is 157 Å². The number of hydrogen-bond donors (Lipinski definition) is 2. The maximum absolute atomic E-state index is 12.0. The molecule has 1 heterocycles. The number of benzene rings is 1. The average Bonchev–Trinajstić information content (AvgIpc) is 2.91. The van der Waals surface area contributed by atoms with Gasteiger partial charge in [0, 0.05) is 18.4 Å². The van der Waals surface area contributed by atoms with E-state index < -0.39 is 6.04 Å². The van der Waals surface area contributed by atoms with Crippen molar-refractivity contribution in [3.8, 4) is 0 Å². The van der Waals surface area contributed by atoms with E-state index in [2.05, 4.69) is 40.2 Å². The van der Waals surface area contributed by atoms with Gasteiger partial charge in [-0.2, -0.15) is 5.10 Å². The van der Waals surface area contributed by atoms with Crippen molar-refractivity contribution in [2.45, 2.75) is 39.3 Å². The zero-order valence-electron chi connectivity index (χ0n) is 13.9. The lowest BCUT2D eigenvalue weighted by molar-refractivity contribution is -0.117. The lowest BCUT2D eigenvalue weighted by atomic mass is 10.0. The molecular weight excluding hydrogens is 392 g/mol. The van der Waals surface area contributed by atoms with Crippen LogP contribution in [0.4, 0.5) is 5.69 Å². The molecule has 0 bridgehead atoms. The van der Waals surface area contributed by atoms with Crippen LogP contribution in [0.3, 0.4) is 0 Å². The number of nitrogens with zero attached hydrogens (tertiary/aromatic N) is 2. The number of amides is 1. The zero-order chi connectivity index (χ0) is 16.8. The second-order valence-electron chi connectivity index (χ2n) is 6.09. The lowest BCUT2D eigenvalue weighted by Gasteiger charge is -2.14. The monoisotopic (exact) mass is 414 g/mol. The Morgan fingerprint density at radius 2 is 2.00 bits per heavy atom. The molecule has 1 amide bonds. The normalized spacial score (nSPS) is 11.9. The maximum Gasteiger partial charge on any atom is 0.241 e. The van der Waals surface area contributed by atoms with E-state index in [0.717, 1.165) is 23.1 Å². The van der Waals surface area contributed by atoms with Crippen molar-refractivity contribution in [3.63, 3.8) is 0 Å². The van der Waals surface area contributed by atoms with Crippen LogP contribution in [0.15, 0.2) is 41.1 Å². The molecule has 0 fully saturated rings. The highest BCUT2D eigenvalue weighted by atomic mass is 79.9. The van der Waals surface area contributed by atoms with Gasteiger partial charge in [-0.3, -0.25) is 9.48 Å². The van der Waals surface area contributed by atoms with Crippen LogP contribution in [-0.4, -0.2) is 21.7 Å². The molecule has 1 aromatic carbocycles. The van der Waals surface area contributed by atoms with Crippen LogP contribution in [0.1, 0.15) is 25.8 Å². The first-order valence-corrected chi connectivity index (χ1v) is 8.56. The summed E-state index contributed by atoms with van der Waals surface area (Å²) < 4.78 is 2.87. The predicted molar refractivity (Wildman–Crippen MR) is 103 cm³/mol. The van der Waals surface area contributed by atoms with E-state index in [4.69, 9.17) is 5.73 Å². The number of hydrogen-bond acceptors (Lipinski definition) is 3. The lowest BCUT2D eigenvalue weighted by Crippen LogP contribution is -2.36. The fourth-order valence-corrected chi connectivity index (χ4v) is 2.64. The third-order valence-electron chi connectivity index (χ3n) is 3.51. The first-order valence-electron chi connectivity index (χ1n) is 7.77. The largest absolute Gasteiger partial charge is 0.325 e. The highest BCUT2D eigenvalue weighted by Gasteiger charge is 2.14. The maximum atomic E-state index is 12.0. The molecule has 0 aliphatic heterocycles. The molecule has 7 heteroatoms. The summed E-state index contributed by atoms with van der Waals surface area (Å²) in [6.07, 6.45) is 5.29. The fraction of sp³-hybridized carbons (Fsp3) is 0.412. The standard InChI is InChI=1S/C17H23BrN4O.ClH/c1-12(2)9-16(19)17(23)21-15-5-3-13(4-6-15)7-8-22-11-14(18)10-20-22;/h3-6,10-12,16H,7-9,19H2,1-2H3,(H,21,23);1H. The van der Waals surface area contributed by atoms with Gasteiger partial charge in [0.2, 0.25) is 5.91 Å². The Kier molecular flexibility index (Phi) is 8.45. The molecule has 0 saturated carbocycles. The van der Waals surface area contributed by atoms with Crippen molar-refractivity contribution < 1.29 is 4.79 Å². The van der Waals surface area contributed by atoms with E-state index in [9.17, 15) is 4.79 Å². The van der Waals surface area contributed by atoms with E-state index in [0.29, 0.717) is 12.3 Å². The van der Waals surface area contributed by atoms with Crippen LogP contribution >= 0.6 is 28.3 Å². The smallest absolute Gasteiger partial charge is 0.241 e. The second-order valence-corrected chi connectivity index (χ2v) is 7.01. The number of aromatic nitrogens is 2. The topological polar surface area (TPSA) is 72.9 Å². The van der Waals surface area contributed by atoms with Gasteiger partial charge in [0.05, 0.1) is 16.7 Å². The molecule has 0 aliphatic carbocycles. The summed E-state index contributed by atoms with van der Waals surface area (Å²) in [6.45, 7) is 4.93. The van der Waals surface area contributed by atoms with Crippen LogP contribution in [0.5, 0.6) is 0 Å². The third kappa shape index (κ3) is 6.63. The van der Waals surface area contributed by atoms with Crippen molar-refractivity contribution in [3.05, 3.63) is 46.7 Å². The molecule has 0 aliphatic rings. The Morgan fingerprint density at radius 3 is 2.54 bits per heavy atom. The number of carbonyl (C=O) groups is 1. The zero-order valence-corrected chi connectivity index (χ0v) is 16.3. The molecule has 24 heavy (non-hydrogen) atoms. The second kappa shape index (κ2) is 9.81. The van der Waals surface area contributed by atoms with Crippen molar-refractivity contribution in [2.75, 3.05) is 5.32 Å². The molecular formula is C17H24BrClN4O. The van der Waals surface area contributed by atoms with E-state index in [1.807, 2.05) is 35.1 Å². The van der Waals surface area contributed by atoms with Gasteiger partial charge >= 0.3 is 0 Å². The molecule has 2 aromatic rings. The van der Waals surface area contributed by atoms with E-state index >= 15 is 0 Å². The average molecular weight is 416 g/mol. The molecule has 0 saturated heterocycles. The summed E-state index contributed by atoms with van der Waals surface area (Å²) in [5.74, 6) is 0.272. The molecule has 132 valence electrons. The summed E-state index contributed by atoms with van der Waals surface area (Å²) in [5.41, 5.74) is 7.86. The van der Waals surface area contributed by atoms with Crippen molar-refractivity contribution >= 4 is 39.9 Å². The Balaban J connectivity index is 0.00000288. The SMILES string of the molecule is CC(C)CC(N)C(=O)Nc1ccc(CCn2cc(Br)cn2)cc1.Cl. The van der Waals surface area contributed by atoms with Crippen LogP contribution in [0.25, 0.3) is 0 Å². The van der Waals surface area contributed by atoms with Gasteiger partial charge in [-0.05, 0) is 52.4 Å².